The van der Waals surface area contributed by atoms with Gasteiger partial charge < -0.3 is 21.7 Å². The van der Waals surface area contributed by atoms with Gasteiger partial charge in [-0.2, -0.15) is 0 Å². The average Bonchev–Trinajstić information content (AvgIpc) is 2.88. The number of nitrogens with zero attached hydrogens (tertiary/aromatic N) is 1. The molecule has 1 aromatic carbocycles. The topological polar surface area (TPSA) is 101 Å². The van der Waals surface area contributed by atoms with Crippen LogP contribution in [0.5, 0.6) is 0 Å². The largest absolute Gasteiger partial charge is 0.352 e. The lowest BCUT2D eigenvalue weighted by Gasteiger charge is -2.26. The van der Waals surface area contributed by atoms with Crippen LogP contribution in [0.2, 0.25) is 0 Å². The maximum atomic E-state index is 12.7. The molecule has 3 unspecified atom stereocenters. The molecule has 0 aliphatic carbocycles. The molecule has 0 aromatic heterocycles. The van der Waals surface area contributed by atoms with Crippen molar-refractivity contribution in [1.29, 1.82) is 0 Å². The molecular formula is C17H27ClN4O2. The van der Waals surface area contributed by atoms with Crippen LogP contribution in [0.3, 0.4) is 0 Å². The smallest absolute Gasteiger partial charge is 0.312 e. The summed E-state index contributed by atoms with van der Waals surface area (Å²) < 4.78 is 0. The van der Waals surface area contributed by atoms with Crippen molar-refractivity contribution in [3.05, 3.63) is 35.4 Å². The predicted octanol–water partition coefficient (Wildman–Crippen LogP) is 1.71. The zero-order valence-electron chi connectivity index (χ0n) is 14.2. The Hall–Kier alpha value is -1.79. The molecule has 1 heterocycles. The predicted molar refractivity (Wildman–Crippen MR) is 96.8 cm³/mol. The van der Waals surface area contributed by atoms with E-state index in [1.165, 1.54) is 0 Å². The van der Waals surface area contributed by atoms with Crippen LogP contribution in [0.1, 0.15) is 36.9 Å². The zero-order valence-corrected chi connectivity index (χ0v) is 15.0. The number of aryl methyl sites for hydroxylation is 1. The molecule has 0 radical (unpaired) electrons. The van der Waals surface area contributed by atoms with Crippen LogP contribution in [0.25, 0.3) is 0 Å². The summed E-state index contributed by atoms with van der Waals surface area (Å²) in [6.07, 6.45) is 1.13. The molecule has 6 nitrogen and oxygen atoms in total. The van der Waals surface area contributed by atoms with E-state index in [1.54, 1.807) is 0 Å². The minimum Gasteiger partial charge on any atom is -0.352 e. The molecule has 1 saturated heterocycles. The summed E-state index contributed by atoms with van der Waals surface area (Å²) in [7, 11) is 0. The normalized spacial score (nSPS) is 21.0. The van der Waals surface area contributed by atoms with Gasteiger partial charge >= 0.3 is 6.03 Å². The third kappa shape index (κ3) is 4.85. The molecule has 0 bridgehead atoms. The number of hydrogen-bond donors (Lipinski definition) is 3. The van der Waals surface area contributed by atoms with E-state index in [1.807, 2.05) is 43.0 Å². The number of carbonyl (C=O) groups is 2. The second-order valence-electron chi connectivity index (χ2n) is 6.35. The van der Waals surface area contributed by atoms with Crippen LogP contribution in [0.15, 0.2) is 24.3 Å². The Balaban J connectivity index is 0.00000288. The standard InChI is InChI=1S/C17H26N4O2.ClH/c1-11-5-3-4-6-14(11)15(20-17(19)23)8-16(22)21-10-13(9-18)7-12(21)2;/h3-6,12-13,15H,7-10,18H2,1-2H3,(H3,19,20,23);1H. The monoisotopic (exact) mass is 354 g/mol. The number of urea groups is 1. The molecule has 5 N–H and O–H groups in total. The summed E-state index contributed by atoms with van der Waals surface area (Å²) in [6, 6.07) is 6.84. The molecule has 1 aliphatic rings. The van der Waals surface area contributed by atoms with Gasteiger partial charge in [-0.15, -0.1) is 12.4 Å². The van der Waals surface area contributed by atoms with Crippen molar-refractivity contribution in [3.63, 3.8) is 0 Å². The van der Waals surface area contributed by atoms with Crippen molar-refractivity contribution in [2.24, 2.45) is 17.4 Å². The van der Waals surface area contributed by atoms with Gasteiger partial charge in [0.2, 0.25) is 5.91 Å². The number of hydrogen-bond acceptors (Lipinski definition) is 3. The molecule has 0 spiro atoms. The van der Waals surface area contributed by atoms with E-state index in [0.717, 1.165) is 17.5 Å². The third-order valence-corrected chi connectivity index (χ3v) is 4.57. The molecule has 1 aromatic rings. The second-order valence-corrected chi connectivity index (χ2v) is 6.35. The van der Waals surface area contributed by atoms with Gasteiger partial charge in [0.05, 0.1) is 12.5 Å². The van der Waals surface area contributed by atoms with Crippen LogP contribution >= 0.6 is 12.4 Å². The first-order valence-corrected chi connectivity index (χ1v) is 8.03. The lowest BCUT2D eigenvalue weighted by molar-refractivity contribution is -0.132. The highest BCUT2D eigenvalue weighted by Gasteiger charge is 2.33. The molecule has 134 valence electrons. The molecule has 1 fully saturated rings. The maximum absolute atomic E-state index is 12.7. The number of carbonyl (C=O) groups excluding carboxylic acids is 2. The van der Waals surface area contributed by atoms with Gasteiger partial charge in [-0.3, -0.25) is 4.79 Å². The summed E-state index contributed by atoms with van der Waals surface area (Å²) in [6.45, 7) is 5.28. The number of primary amides is 1. The molecule has 0 saturated carbocycles. The van der Waals surface area contributed by atoms with E-state index in [0.29, 0.717) is 19.0 Å². The summed E-state index contributed by atoms with van der Waals surface area (Å²) in [5.74, 6) is 0.380. The highest BCUT2D eigenvalue weighted by molar-refractivity contribution is 5.85. The molecule has 24 heavy (non-hydrogen) atoms. The first-order valence-electron chi connectivity index (χ1n) is 8.03. The first kappa shape index (κ1) is 20.3. The average molecular weight is 355 g/mol. The number of likely N-dealkylation sites (tertiary alicyclic amines) is 1. The Morgan fingerprint density at radius 3 is 2.58 bits per heavy atom. The zero-order chi connectivity index (χ0) is 17.0. The van der Waals surface area contributed by atoms with Crippen molar-refractivity contribution in [2.75, 3.05) is 13.1 Å². The number of rotatable bonds is 5. The van der Waals surface area contributed by atoms with Crippen LogP contribution < -0.4 is 16.8 Å². The van der Waals surface area contributed by atoms with E-state index >= 15 is 0 Å². The van der Waals surface area contributed by atoms with E-state index in [2.05, 4.69) is 5.32 Å². The van der Waals surface area contributed by atoms with E-state index < -0.39 is 12.1 Å². The van der Waals surface area contributed by atoms with Crippen molar-refractivity contribution >= 4 is 24.3 Å². The second kappa shape index (κ2) is 8.89. The van der Waals surface area contributed by atoms with Gasteiger partial charge in [0.25, 0.3) is 0 Å². The third-order valence-electron chi connectivity index (χ3n) is 4.57. The fourth-order valence-electron chi connectivity index (χ4n) is 3.34. The van der Waals surface area contributed by atoms with Gasteiger partial charge in [0, 0.05) is 12.6 Å². The first-order chi connectivity index (χ1) is 10.9. The Bertz CT molecular complexity index is 581. The van der Waals surface area contributed by atoms with E-state index in [4.69, 9.17) is 11.5 Å². The number of benzene rings is 1. The van der Waals surface area contributed by atoms with Gasteiger partial charge in [0.15, 0.2) is 0 Å². The number of nitrogens with two attached hydrogens (primary N) is 2. The van der Waals surface area contributed by atoms with E-state index in [-0.39, 0.29) is 30.8 Å². The number of nitrogens with one attached hydrogen (secondary N) is 1. The van der Waals surface area contributed by atoms with Gasteiger partial charge in [-0.05, 0) is 43.9 Å². The fraction of sp³-hybridized carbons (Fsp3) is 0.529. The summed E-state index contributed by atoms with van der Waals surface area (Å²) in [5.41, 5.74) is 13.0. The molecule has 2 rings (SSSR count). The van der Waals surface area contributed by atoms with Crippen molar-refractivity contribution in [2.45, 2.75) is 38.8 Å². The number of amides is 3. The van der Waals surface area contributed by atoms with Gasteiger partial charge in [-0.1, -0.05) is 24.3 Å². The minimum atomic E-state index is -0.625. The van der Waals surface area contributed by atoms with Crippen LogP contribution in [-0.4, -0.2) is 36.0 Å². The Labute approximate surface area is 149 Å². The number of halogens is 1. The van der Waals surface area contributed by atoms with Crippen molar-refractivity contribution in [1.82, 2.24) is 10.2 Å². The lowest BCUT2D eigenvalue weighted by atomic mass is 9.98. The van der Waals surface area contributed by atoms with Crippen LogP contribution in [-0.2, 0) is 4.79 Å². The van der Waals surface area contributed by atoms with Crippen molar-refractivity contribution < 1.29 is 9.59 Å². The highest BCUT2D eigenvalue weighted by Crippen LogP contribution is 2.26. The summed E-state index contributed by atoms with van der Waals surface area (Å²) in [5, 5.41) is 2.70. The highest BCUT2D eigenvalue weighted by atomic mass is 35.5. The lowest BCUT2D eigenvalue weighted by Crippen LogP contribution is -2.40. The Kier molecular flexibility index (Phi) is 7.51. The quantitative estimate of drug-likeness (QED) is 0.750. The molecule has 3 atom stereocenters. The van der Waals surface area contributed by atoms with Crippen LogP contribution in [0.4, 0.5) is 4.79 Å². The minimum absolute atomic E-state index is 0. The molecular weight excluding hydrogens is 328 g/mol. The van der Waals surface area contributed by atoms with E-state index in [9.17, 15) is 9.59 Å². The van der Waals surface area contributed by atoms with Crippen LogP contribution in [0, 0.1) is 12.8 Å². The fourth-order valence-corrected chi connectivity index (χ4v) is 3.34. The maximum Gasteiger partial charge on any atom is 0.312 e. The Morgan fingerprint density at radius 2 is 2.04 bits per heavy atom. The molecule has 7 heteroatoms. The molecule has 3 amide bonds. The van der Waals surface area contributed by atoms with Crippen molar-refractivity contribution in [3.8, 4) is 0 Å². The molecule has 1 aliphatic heterocycles. The summed E-state index contributed by atoms with van der Waals surface area (Å²) in [4.78, 5) is 25.9. The Morgan fingerprint density at radius 1 is 1.38 bits per heavy atom. The SMILES string of the molecule is Cc1ccccc1C(CC(=O)N1CC(CN)CC1C)NC(N)=O.Cl. The van der Waals surface area contributed by atoms with Gasteiger partial charge in [-0.25, -0.2) is 4.79 Å². The van der Waals surface area contributed by atoms with Gasteiger partial charge in [0.1, 0.15) is 0 Å². The summed E-state index contributed by atoms with van der Waals surface area (Å²) >= 11 is 0.